The SMILES string of the molecule is C=CC1OC2CC3OC[C@@]3(OC(C)=O)[C@H]3[C@H](O)C4(O)C[C@H](OC(=O)C(O)[C@H](CC(C)C)NC(=O)OC(C)(C)C)C(C)=C([C@H](OC(C)=O)[C@H](O1)C23C)C4(C)C. The second-order valence-corrected chi connectivity index (χ2v) is 17.8. The highest BCUT2D eigenvalue weighted by Gasteiger charge is 2.78. The van der Waals surface area contributed by atoms with Crippen molar-refractivity contribution in [3.63, 3.8) is 0 Å². The molecule has 2 heterocycles. The Bertz CT molecular complexity index is 1550. The van der Waals surface area contributed by atoms with E-state index < -0.39 is 113 Å². The van der Waals surface area contributed by atoms with E-state index >= 15 is 0 Å². The fourth-order valence-electron chi connectivity index (χ4n) is 9.81. The Morgan fingerprint density at radius 3 is 2.22 bits per heavy atom. The highest BCUT2D eigenvalue weighted by atomic mass is 16.7. The van der Waals surface area contributed by atoms with Gasteiger partial charge in [0.15, 0.2) is 24.1 Å². The number of ether oxygens (including phenoxy) is 7. The maximum atomic E-state index is 13.9. The lowest BCUT2D eigenvalue weighted by Gasteiger charge is -2.71. The van der Waals surface area contributed by atoms with Crippen LogP contribution in [-0.2, 0) is 47.5 Å². The first-order valence-corrected chi connectivity index (χ1v) is 18.8. The molecule has 13 atom stereocenters. The predicted molar refractivity (Wildman–Crippen MR) is 190 cm³/mol. The number of alkyl carbamates (subject to hydrolysis) is 1. The van der Waals surface area contributed by atoms with Gasteiger partial charge in [0.2, 0.25) is 0 Å². The zero-order valence-electron chi connectivity index (χ0n) is 33.3. The van der Waals surface area contributed by atoms with Gasteiger partial charge in [0, 0.05) is 43.4 Å². The van der Waals surface area contributed by atoms with Gasteiger partial charge in [-0.1, -0.05) is 41.2 Å². The van der Waals surface area contributed by atoms with Crippen LogP contribution in [0.2, 0.25) is 0 Å². The number of aliphatic hydroxyl groups is 3. The molecule has 15 nitrogen and oxygen atoms in total. The molecule has 5 rings (SSSR count). The number of aliphatic hydroxyl groups excluding tert-OH is 2. The van der Waals surface area contributed by atoms with Gasteiger partial charge in [-0.3, -0.25) is 9.59 Å². The van der Waals surface area contributed by atoms with E-state index in [9.17, 15) is 34.5 Å². The van der Waals surface area contributed by atoms with Crippen LogP contribution in [0.3, 0.4) is 0 Å². The summed E-state index contributed by atoms with van der Waals surface area (Å²) in [4.78, 5) is 52.4. The largest absolute Gasteiger partial charge is 0.456 e. The smallest absolute Gasteiger partial charge is 0.407 e. The zero-order chi connectivity index (χ0) is 40.5. The minimum Gasteiger partial charge on any atom is -0.456 e. The highest BCUT2D eigenvalue weighted by Crippen LogP contribution is 2.66. The lowest BCUT2D eigenvalue weighted by atomic mass is 9.44. The van der Waals surface area contributed by atoms with E-state index in [1.54, 1.807) is 48.5 Å². The maximum Gasteiger partial charge on any atom is 0.407 e. The van der Waals surface area contributed by atoms with Crippen molar-refractivity contribution in [2.24, 2.45) is 22.7 Å². The third-order valence-electron chi connectivity index (χ3n) is 12.2. The number of nitrogens with one attached hydrogen (secondary N) is 1. The monoisotopic (exact) mass is 765 g/mol. The van der Waals surface area contributed by atoms with Gasteiger partial charge in [0.1, 0.15) is 29.5 Å². The van der Waals surface area contributed by atoms with Crippen molar-refractivity contribution in [1.29, 1.82) is 0 Å². The number of hydrogen-bond donors (Lipinski definition) is 4. The molecule has 4 N–H and O–H groups in total. The number of esters is 3. The second kappa shape index (κ2) is 14.5. The van der Waals surface area contributed by atoms with Crippen LogP contribution in [0, 0.1) is 22.7 Å². The van der Waals surface area contributed by atoms with Gasteiger partial charge in [0.05, 0.1) is 24.9 Å². The van der Waals surface area contributed by atoms with Crippen molar-refractivity contribution >= 4 is 24.0 Å². The number of fused-ring (bicyclic) bond motifs is 4. The van der Waals surface area contributed by atoms with Crippen molar-refractivity contribution < 1.29 is 67.7 Å². The summed E-state index contributed by atoms with van der Waals surface area (Å²) in [5.74, 6) is -3.58. The third-order valence-corrected chi connectivity index (χ3v) is 12.2. The zero-order valence-corrected chi connectivity index (χ0v) is 33.3. The summed E-state index contributed by atoms with van der Waals surface area (Å²) in [7, 11) is 0. The highest BCUT2D eigenvalue weighted by molar-refractivity contribution is 5.77. The first-order chi connectivity index (χ1) is 24.8. The normalized spacial score (nSPS) is 39.2. The van der Waals surface area contributed by atoms with Crippen LogP contribution >= 0.6 is 0 Å². The van der Waals surface area contributed by atoms with E-state index in [1.807, 2.05) is 13.8 Å². The topological polar surface area (TPSA) is 206 Å². The Morgan fingerprint density at radius 2 is 1.70 bits per heavy atom. The van der Waals surface area contributed by atoms with Crippen LogP contribution < -0.4 is 5.32 Å². The van der Waals surface area contributed by atoms with Crippen molar-refractivity contribution in [3.05, 3.63) is 23.8 Å². The molecule has 15 heteroatoms. The summed E-state index contributed by atoms with van der Waals surface area (Å²) in [6.07, 6.45) is -8.85. The summed E-state index contributed by atoms with van der Waals surface area (Å²) in [6, 6.07) is -1.10. The molecule has 2 saturated carbocycles. The number of carbonyl (C=O) groups excluding carboxylic acids is 4. The molecule has 2 bridgehead atoms. The summed E-state index contributed by atoms with van der Waals surface area (Å²) in [5.41, 5.74) is -6.36. The van der Waals surface area contributed by atoms with Gasteiger partial charge in [-0.25, -0.2) is 9.59 Å². The van der Waals surface area contributed by atoms with Crippen LogP contribution in [0.4, 0.5) is 4.79 Å². The summed E-state index contributed by atoms with van der Waals surface area (Å²) in [5, 5.41) is 39.9. The Kier molecular flexibility index (Phi) is 11.3. The Labute approximate surface area is 317 Å². The van der Waals surface area contributed by atoms with Crippen LogP contribution in [0.5, 0.6) is 0 Å². The molecule has 54 heavy (non-hydrogen) atoms. The molecule has 0 aromatic carbocycles. The molecule has 3 aliphatic carbocycles. The fourth-order valence-corrected chi connectivity index (χ4v) is 9.81. The standard InChI is InChI=1S/C39H59NO14/c1-13-26-51-24-15-25-38(17-48-25,53-21(6)42)30-31(44)39(47)16-23(50-33(45)28(43)22(14-18(2)3)40-34(46)54-35(7,8)9)19(4)27(36(39,10)11)29(49-20(5)41)32(52-26)37(24,30)12/h13,18,22-26,28-32,43-44,47H,1,14-17H2,2-12H3,(H,40,46)/t22-,23-,24?,25?,26?,28?,29-,30-,31-,32-,37?,38-,39?/m0/s1. The van der Waals surface area contributed by atoms with Gasteiger partial charge in [-0.05, 0) is 57.3 Å². The Balaban J connectivity index is 1.65. The molecular weight excluding hydrogens is 706 g/mol. The fraction of sp³-hybridized carbons (Fsp3) is 0.795. The van der Waals surface area contributed by atoms with E-state index in [0.29, 0.717) is 11.1 Å². The molecule has 0 radical (unpaired) electrons. The quantitative estimate of drug-likeness (QED) is 0.151. The van der Waals surface area contributed by atoms with Crippen LogP contribution in [-0.4, -0.2) is 118 Å². The van der Waals surface area contributed by atoms with Crippen LogP contribution in [0.25, 0.3) is 0 Å². The van der Waals surface area contributed by atoms with E-state index in [4.69, 9.17) is 33.2 Å². The van der Waals surface area contributed by atoms with E-state index in [0.717, 1.165) is 0 Å². The summed E-state index contributed by atoms with van der Waals surface area (Å²) >= 11 is 0. The molecule has 2 aliphatic heterocycles. The minimum atomic E-state index is -2.15. The van der Waals surface area contributed by atoms with Crippen LogP contribution in [0.1, 0.15) is 95.4 Å². The lowest BCUT2D eigenvalue weighted by Crippen LogP contribution is -2.83. The molecule has 0 aromatic rings. The average molecular weight is 766 g/mol. The molecule has 0 aromatic heterocycles. The van der Waals surface area contributed by atoms with Gasteiger partial charge in [0.25, 0.3) is 0 Å². The van der Waals surface area contributed by atoms with Gasteiger partial charge < -0.3 is 53.8 Å². The minimum absolute atomic E-state index is 0.0602. The lowest BCUT2D eigenvalue weighted by molar-refractivity contribution is -0.406. The predicted octanol–water partition coefficient (Wildman–Crippen LogP) is 3.01. The van der Waals surface area contributed by atoms with E-state index in [-0.39, 0.29) is 31.8 Å². The van der Waals surface area contributed by atoms with Crippen LogP contribution in [0.15, 0.2) is 23.8 Å². The van der Waals surface area contributed by atoms with Gasteiger partial charge in [-0.2, -0.15) is 0 Å². The molecule has 304 valence electrons. The molecule has 4 fully saturated rings. The van der Waals surface area contributed by atoms with Crippen molar-refractivity contribution in [3.8, 4) is 0 Å². The average Bonchev–Trinajstić information content (AvgIpc) is 3.02. The summed E-state index contributed by atoms with van der Waals surface area (Å²) in [6.45, 7) is 21.9. The maximum absolute atomic E-state index is 13.9. The van der Waals surface area contributed by atoms with Gasteiger partial charge in [-0.15, -0.1) is 0 Å². The van der Waals surface area contributed by atoms with Crippen molar-refractivity contribution in [2.75, 3.05) is 6.61 Å². The Hall–Kier alpha value is -3.08. The van der Waals surface area contributed by atoms with Crippen molar-refractivity contribution in [1.82, 2.24) is 5.32 Å². The molecular formula is C39H59NO14. The summed E-state index contributed by atoms with van der Waals surface area (Å²) < 4.78 is 42.5. The molecule has 1 amide bonds. The number of rotatable bonds is 9. The van der Waals surface area contributed by atoms with Crippen molar-refractivity contribution in [2.45, 2.75) is 167 Å². The first kappa shape index (κ1) is 42.1. The second-order valence-electron chi connectivity index (χ2n) is 17.8. The van der Waals surface area contributed by atoms with E-state index in [2.05, 4.69) is 11.9 Å². The molecule has 6 unspecified atom stereocenters. The Morgan fingerprint density at radius 1 is 1.06 bits per heavy atom. The number of amides is 1. The van der Waals surface area contributed by atoms with Gasteiger partial charge >= 0.3 is 24.0 Å². The van der Waals surface area contributed by atoms with E-state index in [1.165, 1.54) is 19.9 Å². The number of hydrogen-bond acceptors (Lipinski definition) is 14. The third kappa shape index (κ3) is 6.97. The number of carbonyl (C=O) groups is 4. The molecule has 2 saturated heterocycles. The molecule has 5 aliphatic rings. The molecule has 0 spiro atoms. The first-order valence-electron chi connectivity index (χ1n) is 18.8.